The maximum absolute atomic E-state index is 11.9. The molecule has 0 amide bonds. The van der Waals surface area contributed by atoms with Gasteiger partial charge in [-0.15, -0.1) is 18.4 Å². The van der Waals surface area contributed by atoms with Crippen molar-refractivity contribution in [2.45, 2.75) is 47.0 Å². The van der Waals surface area contributed by atoms with Gasteiger partial charge < -0.3 is 5.11 Å². The molecule has 0 saturated heterocycles. The summed E-state index contributed by atoms with van der Waals surface area (Å²) in [6, 6.07) is 0. The number of allylic oxidation sites excluding steroid dienone is 3. The monoisotopic (exact) mass is 286 g/mol. The highest BCUT2D eigenvalue weighted by Crippen LogP contribution is 2.29. The molecule has 0 aliphatic heterocycles. The molecule has 2 nitrogen and oxygen atoms in total. The summed E-state index contributed by atoms with van der Waals surface area (Å²) in [7, 11) is 0. The Morgan fingerprint density at radius 1 is 1.48 bits per heavy atom. The van der Waals surface area contributed by atoms with Crippen LogP contribution in [-0.2, 0) is 4.79 Å². The van der Waals surface area contributed by atoms with Crippen molar-refractivity contribution < 1.29 is 9.90 Å². The molecule has 0 radical (unpaired) electrons. The lowest BCUT2D eigenvalue weighted by Gasteiger charge is -2.26. The van der Waals surface area contributed by atoms with Crippen molar-refractivity contribution in [2.75, 3.05) is 6.61 Å². The molecule has 1 N–H and O–H groups in total. The van der Waals surface area contributed by atoms with Gasteiger partial charge in [-0.05, 0) is 51.5 Å². The van der Waals surface area contributed by atoms with Gasteiger partial charge in [0.15, 0.2) is 0 Å². The molecule has 0 aliphatic rings. The summed E-state index contributed by atoms with van der Waals surface area (Å²) in [4.78, 5) is 11.9. The van der Waals surface area contributed by atoms with Crippen LogP contribution in [0.3, 0.4) is 0 Å². The molecule has 0 aromatic carbocycles. The molecular weight excluding hydrogens is 260 g/mol. The maximum atomic E-state index is 11.9. The fourth-order valence-corrected chi connectivity index (χ4v) is 1.78. The third kappa shape index (κ3) is 7.54. The molecule has 114 valence electrons. The van der Waals surface area contributed by atoms with Gasteiger partial charge in [-0.1, -0.05) is 24.5 Å². The normalized spacial score (nSPS) is 14.8. The minimum atomic E-state index is -0.464. The quantitative estimate of drug-likeness (QED) is 0.336. The number of rotatable bonds is 7. The van der Waals surface area contributed by atoms with E-state index in [1.165, 1.54) is 0 Å². The van der Waals surface area contributed by atoms with E-state index in [1.807, 2.05) is 20.8 Å². The Labute approximate surface area is 129 Å². The van der Waals surface area contributed by atoms with E-state index in [-0.39, 0.29) is 18.3 Å². The third-order valence-corrected chi connectivity index (χ3v) is 3.66. The second-order valence-corrected chi connectivity index (χ2v) is 5.43. The van der Waals surface area contributed by atoms with Gasteiger partial charge in [-0.3, -0.25) is 4.79 Å². The average Bonchev–Trinajstić information content (AvgIpc) is 2.45. The molecule has 0 heterocycles. The molecule has 21 heavy (non-hydrogen) atoms. The first-order valence-electron chi connectivity index (χ1n) is 7.28. The average molecular weight is 286 g/mol. The molecule has 0 rings (SSSR count). The van der Waals surface area contributed by atoms with Crippen LogP contribution in [0.1, 0.15) is 47.0 Å². The molecule has 0 fully saturated rings. The van der Waals surface area contributed by atoms with Crippen LogP contribution in [0.4, 0.5) is 0 Å². The van der Waals surface area contributed by atoms with Gasteiger partial charge in [0.25, 0.3) is 0 Å². The van der Waals surface area contributed by atoms with E-state index in [0.29, 0.717) is 6.42 Å². The standard InChI is InChI=1S/C19H26O2/c1-6-8-9-10-16(3)15-18(21)11-13-19(5,7-2)17(4)12-14-20/h7,15,17,20H,2,9-10,12,14H2,1,3-5H3/b16-15+/t17-,19-/m1/s1. The minimum Gasteiger partial charge on any atom is -0.396 e. The Hall–Kier alpha value is -1.77. The Kier molecular flexibility index (Phi) is 9.18. The maximum Gasteiger partial charge on any atom is 0.228 e. The van der Waals surface area contributed by atoms with E-state index in [0.717, 1.165) is 18.4 Å². The van der Waals surface area contributed by atoms with Gasteiger partial charge in [0.2, 0.25) is 5.78 Å². The van der Waals surface area contributed by atoms with Gasteiger partial charge in [-0.2, -0.15) is 0 Å². The number of aliphatic hydroxyl groups excluding tert-OH is 1. The molecule has 0 saturated carbocycles. The van der Waals surface area contributed by atoms with Crippen LogP contribution < -0.4 is 0 Å². The zero-order valence-electron chi connectivity index (χ0n) is 13.6. The summed E-state index contributed by atoms with van der Waals surface area (Å²) in [5, 5.41) is 9.02. The van der Waals surface area contributed by atoms with E-state index in [4.69, 9.17) is 5.11 Å². The lowest BCUT2D eigenvalue weighted by molar-refractivity contribution is -0.109. The number of carbonyl (C=O) groups is 1. The van der Waals surface area contributed by atoms with Crippen molar-refractivity contribution in [2.24, 2.45) is 11.3 Å². The van der Waals surface area contributed by atoms with Crippen LogP contribution in [0, 0.1) is 35.0 Å². The molecule has 2 heteroatoms. The van der Waals surface area contributed by atoms with Crippen LogP contribution in [0.2, 0.25) is 0 Å². The first kappa shape index (κ1) is 19.2. The highest BCUT2D eigenvalue weighted by Gasteiger charge is 2.25. The van der Waals surface area contributed by atoms with E-state index >= 15 is 0 Å². The predicted molar refractivity (Wildman–Crippen MR) is 88.4 cm³/mol. The Morgan fingerprint density at radius 2 is 2.14 bits per heavy atom. The van der Waals surface area contributed by atoms with Gasteiger partial charge in [-0.25, -0.2) is 0 Å². The topological polar surface area (TPSA) is 37.3 Å². The molecule has 0 aliphatic carbocycles. The van der Waals surface area contributed by atoms with Crippen LogP contribution in [-0.4, -0.2) is 17.5 Å². The highest BCUT2D eigenvalue weighted by molar-refractivity contribution is 6.04. The van der Waals surface area contributed by atoms with Gasteiger partial charge >= 0.3 is 0 Å². The summed E-state index contributed by atoms with van der Waals surface area (Å²) in [6.07, 6.45) is 5.51. The van der Waals surface area contributed by atoms with Crippen molar-refractivity contribution >= 4 is 5.78 Å². The fourth-order valence-electron chi connectivity index (χ4n) is 1.78. The molecular formula is C19H26O2. The highest BCUT2D eigenvalue weighted by atomic mass is 16.3. The van der Waals surface area contributed by atoms with E-state index < -0.39 is 5.41 Å². The van der Waals surface area contributed by atoms with Crippen molar-refractivity contribution in [1.29, 1.82) is 0 Å². The van der Waals surface area contributed by atoms with Crippen molar-refractivity contribution in [3.8, 4) is 23.7 Å². The molecule has 2 atom stereocenters. The number of aliphatic hydroxyl groups is 1. The summed E-state index contributed by atoms with van der Waals surface area (Å²) in [5.74, 6) is 11.4. The molecule has 0 spiro atoms. The fraction of sp³-hybridized carbons (Fsp3) is 0.526. The zero-order valence-corrected chi connectivity index (χ0v) is 13.6. The number of carbonyl (C=O) groups excluding carboxylic acids is 1. The molecule has 0 aromatic rings. The second-order valence-electron chi connectivity index (χ2n) is 5.43. The van der Waals surface area contributed by atoms with Crippen LogP contribution >= 0.6 is 0 Å². The van der Waals surface area contributed by atoms with Gasteiger partial charge in [0.1, 0.15) is 0 Å². The van der Waals surface area contributed by atoms with E-state index in [1.54, 1.807) is 19.1 Å². The zero-order chi connectivity index (χ0) is 16.3. The summed E-state index contributed by atoms with van der Waals surface area (Å²) in [5.41, 5.74) is 0.522. The lowest BCUT2D eigenvalue weighted by Crippen LogP contribution is -2.22. The Bertz CT molecular complexity index is 505. The minimum absolute atomic E-state index is 0.109. The Balaban J connectivity index is 4.85. The molecule has 0 unspecified atom stereocenters. The first-order valence-corrected chi connectivity index (χ1v) is 7.28. The molecule has 0 bridgehead atoms. The van der Waals surface area contributed by atoms with Gasteiger partial charge in [0, 0.05) is 18.4 Å². The second kappa shape index (κ2) is 10.0. The van der Waals surface area contributed by atoms with Crippen LogP contribution in [0.15, 0.2) is 24.3 Å². The first-order chi connectivity index (χ1) is 9.89. The van der Waals surface area contributed by atoms with Crippen molar-refractivity contribution in [1.82, 2.24) is 0 Å². The SMILES string of the molecule is C=C[C@](C)(C#CC(=O)/C=C(\C)CCC#CC)[C@H](C)CCO. The smallest absolute Gasteiger partial charge is 0.228 e. The van der Waals surface area contributed by atoms with Crippen LogP contribution in [0.5, 0.6) is 0 Å². The summed E-state index contributed by atoms with van der Waals surface area (Å²) in [6.45, 7) is 11.6. The van der Waals surface area contributed by atoms with E-state index in [9.17, 15) is 4.79 Å². The largest absolute Gasteiger partial charge is 0.396 e. The number of hydrogen-bond acceptors (Lipinski definition) is 2. The number of hydrogen-bond donors (Lipinski definition) is 1. The van der Waals surface area contributed by atoms with E-state index in [2.05, 4.69) is 30.3 Å². The Morgan fingerprint density at radius 3 is 2.67 bits per heavy atom. The van der Waals surface area contributed by atoms with Crippen LogP contribution in [0.25, 0.3) is 0 Å². The third-order valence-electron chi connectivity index (χ3n) is 3.66. The van der Waals surface area contributed by atoms with Gasteiger partial charge in [0.05, 0.1) is 0 Å². The lowest BCUT2D eigenvalue weighted by atomic mass is 9.77. The predicted octanol–water partition coefficient (Wildman–Crippen LogP) is 3.52. The number of ketones is 1. The molecule has 0 aromatic heterocycles. The van der Waals surface area contributed by atoms with Crippen molar-refractivity contribution in [3.63, 3.8) is 0 Å². The van der Waals surface area contributed by atoms with Crippen molar-refractivity contribution in [3.05, 3.63) is 24.3 Å². The summed E-state index contributed by atoms with van der Waals surface area (Å²) >= 11 is 0. The summed E-state index contributed by atoms with van der Waals surface area (Å²) < 4.78 is 0.